The maximum Gasteiger partial charge on any atom is 0.330 e. The molecule has 0 spiro atoms. The van der Waals surface area contributed by atoms with Gasteiger partial charge in [-0.15, -0.1) is 0 Å². The van der Waals surface area contributed by atoms with E-state index in [-0.39, 0.29) is 30.0 Å². The topological polar surface area (TPSA) is 93.1 Å². The largest absolute Gasteiger partial charge is 0.463 e. The predicted molar refractivity (Wildman–Crippen MR) is 124 cm³/mol. The Hall–Kier alpha value is -1.66. The number of carbonyl (C=O) groups excluding carboxylic acids is 2. The zero-order valence-corrected chi connectivity index (χ0v) is 20.7. The molecule has 4 aliphatic rings. The molecule has 8 atom stereocenters. The molecular formula is C27H40O6. The SMILES string of the molecule is CCOC(=O)/C=C(\C)[C@@]1(O)[C@H](O)CC2C3CC=C4C[C@@H](OC(C)=O)CC[C@]4(C)C3CC[C@@]21C. The fraction of sp³-hybridized carbons (Fsp3) is 0.778. The lowest BCUT2D eigenvalue weighted by atomic mass is 9.46. The Morgan fingerprint density at radius 2 is 1.91 bits per heavy atom. The van der Waals surface area contributed by atoms with Gasteiger partial charge in [0.25, 0.3) is 0 Å². The number of hydrogen-bond acceptors (Lipinski definition) is 6. The zero-order valence-electron chi connectivity index (χ0n) is 20.7. The van der Waals surface area contributed by atoms with Gasteiger partial charge in [-0.1, -0.05) is 25.5 Å². The molecule has 3 fully saturated rings. The molecule has 6 nitrogen and oxygen atoms in total. The van der Waals surface area contributed by atoms with Crippen molar-refractivity contribution >= 4 is 11.9 Å². The Labute approximate surface area is 197 Å². The molecule has 0 aromatic carbocycles. The van der Waals surface area contributed by atoms with Crippen LogP contribution in [0.5, 0.6) is 0 Å². The summed E-state index contributed by atoms with van der Waals surface area (Å²) in [7, 11) is 0. The number of carbonyl (C=O) groups is 2. The van der Waals surface area contributed by atoms with Crippen molar-refractivity contribution in [1.29, 1.82) is 0 Å². The van der Waals surface area contributed by atoms with Gasteiger partial charge in [-0.3, -0.25) is 4.79 Å². The molecule has 4 aliphatic carbocycles. The van der Waals surface area contributed by atoms with Crippen LogP contribution in [0.3, 0.4) is 0 Å². The summed E-state index contributed by atoms with van der Waals surface area (Å²) < 4.78 is 10.6. The summed E-state index contributed by atoms with van der Waals surface area (Å²) in [6.45, 7) is 9.72. The average molecular weight is 461 g/mol. The van der Waals surface area contributed by atoms with Gasteiger partial charge in [0, 0.05) is 24.8 Å². The number of hydrogen-bond donors (Lipinski definition) is 2. The van der Waals surface area contributed by atoms with Gasteiger partial charge >= 0.3 is 11.9 Å². The Kier molecular flexibility index (Phi) is 6.32. The normalized spacial score (nSPS) is 44.8. The molecule has 0 heterocycles. The molecule has 6 heteroatoms. The van der Waals surface area contributed by atoms with Crippen molar-refractivity contribution in [2.24, 2.45) is 28.6 Å². The van der Waals surface area contributed by atoms with Gasteiger partial charge in [0.1, 0.15) is 11.7 Å². The van der Waals surface area contributed by atoms with Crippen LogP contribution in [0.25, 0.3) is 0 Å². The van der Waals surface area contributed by atoms with Gasteiger partial charge in [0.2, 0.25) is 0 Å². The minimum Gasteiger partial charge on any atom is -0.463 e. The first kappa shape index (κ1) is 24.5. The minimum absolute atomic E-state index is 0.0266. The van der Waals surface area contributed by atoms with Gasteiger partial charge < -0.3 is 19.7 Å². The summed E-state index contributed by atoms with van der Waals surface area (Å²) in [5.74, 6) is 0.345. The molecule has 0 aliphatic heterocycles. The van der Waals surface area contributed by atoms with E-state index in [0.717, 1.165) is 38.5 Å². The van der Waals surface area contributed by atoms with Crippen molar-refractivity contribution in [2.45, 2.75) is 97.4 Å². The zero-order chi connectivity index (χ0) is 24.2. The van der Waals surface area contributed by atoms with Gasteiger partial charge in [-0.05, 0) is 81.1 Å². The number of rotatable bonds is 4. The maximum atomic E-state index is 12.1. The molecule has 184 valence electrons. The van der Waals surface area contributed by atoms with Crippen LogP contribution in [0.1, 0.15) is 79.6 Å². The Morgan fingerprint density at radius 1 is 1.18 bits per heavy atom. The predicted octanol–water partition coefficient (Wildman–Crippen LogP) is 4.09. The Balaban J connectivity index is 1.62. The van der Waals surface area contributed by atoms with Crippen LogP contribution in [-0.4, -0.2) is 46.6 Å². The molecule has 3 unspecified atom stereocenters. The molecule has 0 radical (unpaired) electrons. The lowest BCUT2D eigenvalue weighted by Gasteiger charge is -2.59. The van der Waals surface area contributed by atoms with E-state index >= 15 is 0 Å². The number of aliphatic hydroxyl groups excluding tert-OH is 1. The van der Waals surface area contributed by atoms with E-state index in [4.69, 9.17) is 9.47 Å². The highest BCUT2D eigenvalue weighted by Gasteiger charge is 2.67. The van der Waals surface area contributed by atoms with E-state index in [2.05, 4.69) is 19.9 Å². The summed E-state index contributed by atoms with van der Waals surface area (Å²) in [5, 5.41) is 23.1. The summed E-state index contributed by atoms with van der Waals surface area (Å²) in [4.78, 5) is 23.6. The van der Waals surface area contributed by atoms with E-state index in [1.54, 1.807) is 13.8 Å². The van der Waals surface area contributed by atoms with Crippen LogP contribution in [0.2, 0.25) is 0 Å². The van der Waals surface area contributed by atoms with Crippen LogP contribution >= 0.6 is 0 Å². The van der Waals surface area contributed by atoms with Gasteiger partial charge in [-0.2, -0.15) is 0 Å². The minimum atomic E-state index is -1.44. The molecule has 33 heavy (non-hydrogen) atoms. The Bertz CT molecular complexity index is 876. The molecule has 0 saturated heterocycles. The van der Waals surface area contributed by atoms with Crippen molar-refractivity contribution in [1.82, 2.24) is 0 Å². The molecule has 0 bridgehead atoms. The number of ether oxygens (including phenoxy) is 2. The van der Waals surface area contributed by atoms with E-state index < -0.39 is 23.1 Å². The van der Waals surface area contributed by atoms with Crippen molar-refractivity contribution in [2.75, 3.05) is 6.61 Å². The van der Waals surface area contributed by atoms with Crippen LogP contribution in [0, 0.1) is 28.6 Å². The van der Waals surface area contributed by atoms with Crippen LogP contribution in [0.4, 0.5) is 0 Å². The van der Waals surface area contributed by atoms with Crippen LogP contribution in [0.15, 0.2) is 23.3 Å². The maximum absolute atomic E-state index is 12.1. The third-order valence-electron chi connectivity index (χ3n) is 9.83. The number of esters is 2. The van der Waals surface area contributed by atoms with Crippen molar-refractivity contribution < 1.29 is 29.3 Å². The Morgan fingerprint density at radius 3 is 2.58 bits per heavy atom. The van der Waals surface area contributed by atoms with E-state index in [1.165, 1.54) is 18.6 Å². The lowest BCUT2D eigenvalue weighted by Crippen LogP contribution is -2.57. The van der Waals surface area contributed by atoms with Gasteiger partial charge in [-0.25, -0.2) is 4.79 Å². The second kappa shape index (κ2) is 8.53. The highest BCUT2D eigenvalue weighted by Crippen LogP contribution is 2.68. The monoisotopic (exact) mass is 460 g/mol. The summed E-state index contributed by atoms with van der Waals surface area (Å²) in [6.07, 6.45) is 8.72. The molecule has 0 aromatic rings. The highest BCUT2D eigenvalue weighted by atomic mass is 16.5. The van der Waals surface area contributed by atoms with E-state index in [9.17, 15) is 19.8 Å². The molecule has 0 aromatic heterocycles. The van der Waals surface area contributed by atoms with Crippen LogP contribution < -0.4 is 0 Å². The summed E-state index contributed by atoms with van der Waals surface area (Å²) in [6, 6.07) is 0. The van der Waals surface area contributed by atoms with Gasteiger partial charge in [0.05, 0.1) is 12.7 Å². The highest BCUT2D eigenvalue weighted by molar-refractivity contribution is 5.83. The second-order valence-electron chi connectivity index (χ2n) is 11.3. The standard InChI is InChI=1S/C27H40O6/c1-6-32-24(30)13-16(2)27(31)23(29)15-22-20-8-7-18-14-19(33-17(3)28)9-11-25(18,4)21(20)10-12-26(22,27)5/h7,13,19-23,29,31H,6,8-12,14-15H2,1-5H3/b16-13+/t19-,20?,21?,22?,23+,25-,26-,27+/m0/s1. The first-order chi connectivity index (χ1) is 15.5. The molecule has 2 N–H and O–H groups in total. The first-order valence-electron chi connectivity index (χ1n) is 12.6. The fourth-order valence-electron chi connectivity index (χ4n) is 8.17. The number of aliphatic hydroxyl groups is 2. The average Bonchev–Trinajstić information content (AvgIpc) is 2.95. The second-order valence-corrected chi connectivity index (χ2v) is 11.3. The quantitative estimate of drug-likeness (QED) is 0.373. The number of fused-ring (bicyclic) bond motifs is 5. The summed E-state index contributed by atoms with van der Waals surface area (Å²) >= 11 is 0. The first-order valence-corrected chi connectivity index (χ1v) is 12.6. The smallest absolute Gasteiger partial charge is 0.330 e. The van der Waals surface area contributed by atoms with Crippen molar-refractivity contribution in [3.63, 3.8) is 0 Å². The van der Waals surface area contributed by atoms with Gasteiger partial charge in [0.15, 0.2) is 0 Å². The third kappa shape index (κ3) is 3.68. The van der Waals surface area contributed by atoms with Crippen LogP contribution in [-0.2, 0) is 19.1 Å². The fourth-order valence-corrected chi connectivity index (χ4v) is 8.17. The molecule has 4 rings (SSSR count). The van der Waals surface area contributed by atoms with Crippen molar-refractivity contribution in [3.8, 4) is 0 Å². The summed E-state index contributed by atoms with van der Waals surface area (Å²) in [5.41, 5.74) is 0.0431. The third-order valence-corrected chi connectivity index (χ3v) is 9.83. The lowest BCUT2D eigenvalue weighted by molar-refractivity contribution is -0.150. The molecule has 3 saturated carbocycles. The van der Waals surface area contributed by atoms with Crippen molar-refractivity contribution in [3.05, 3.63) is 23.3 Å². The van der Waals surface area contributed by atoms with E-state index in [1.807, 2.05) is 0 Å². The molecular weight excluding hydrogens is 420 g/mol. The number of allylic oxidation sites excluding steroid dienone is 1. The molecule has 0 amide bonds. The van der Waals surface area contributed by atoms with E-state index in [0.29, 0.717) is 23.8 Å².